The Labute approximate surface area is 142 Å². The molecule has 23 heavy (non-hydrogen) atoms. The van der Waals surface area contributed by atoms with E-state index in [2.05, 4.69) is 74.0 Å². The number of hydrogen-bond donors (Lipinski definition) is 0. The van der Waals surface area contributed by atoms with Crippen molar-refractivity contribution in [2.75, 3.05) is 6.54 Å². The highest BCUT2D eigenvalue weighted by atomic mass is 14.7. The Morgan fingerprint density at radius 2 is 1.87 bits per heavy atom. The summed E-state index contributed by atoms with van der Waals surface area (Å²) in [7, 11) is 0. The van der Waals surface area contributed by atoms with Gasteiger partial charge in [0.1, 0.15) is 0 Å². The molecule has 1 aromatic rings. The Morgan fingerprint density at radius 1 is 1.13 bits per heavy atom. The fourth-order valence-electron chi connectivity index (χ4n) is 2.11. The van der Waals surface area contributed by atoms with E-state index in [4.69, 9.17) is 0 Å². The molecule has 0 aliphatic heterocycles. The molecular formula is C22H29N. The smallest absolute Gasteiger partial charge is 0.0499 e. The van der Waals surface area contributed by atoms with Gasteiger partial charge in [0.25, 0.3) is 0 Å². The lowest BCUT2D eigenvalue weighted by atomic mass is 10.1. The molecule has 0 unspecified atom stereocenters. The summed E-state index contributed by atoms with van der Waals surface area (Å²) in [6.45, 7) is 9.18. The number of nitrogens with zero attached hydrogens (tertiary/aromatic N) is 1. The third-order valence-corrected chi connectivity index (χ3v) is 3.58. The third-order valence-electron chi connectivity index (χ3n) is 3.58. The number of hydrogen-bond acceptors (Lipinski definition) is 1. The predicted molar refractivity (Wildman–Crippen MR) is 103 cm³/mol. The summed E-state index contributed by atoms with van der Waals surface area (Å²) in [4.78, 5) is 4.41. The molecule has 0 radical (unpaired) electrons. The van der Waals surface area contributed by atoms with Gasteiger partial charge in [0.15, 0.2) is 0 Å². The number of unbranched alkanes of at least 4 members (excludes halogenated alkanes) is 1. The van der Waals surface area contributed by atoms with Gasteiger partial charge >= 0.3 is 0 Å². The Bertz CT molecular complexity index is 604. The maximum Gasteiger partial charge on any atom is 0.0499 e. The van der Waals surface area contributed by atoms with E-state index in [1.165, 1.54) is 36.0 Å². The van der Waals surface area contributed by atoms with Gasteiger partial charge in [0.2, 0.25) is 0 Å². The molecule has 1 heteroatoms. The first-order chi connectivity index (χ1) is 11.2. The van der Waals surface area contributed by atoms with Gasteiger partial charge in [-0.2, -0.15) is 0 Å². The van der Waals surface area contributed by atoms with Gasteiger partial charge < -0.3 is 0 Å². The van der Waals surface area contributed by atoms with E-state index in [-0.39, 0.29) is 0 Å². The molecule has 0 spiro atoms. The van der Waals surface area contributed by atoms with Gasteiger partial charge in [-0.15, -0.1) is 0 Å². The third kappa shape index (κ3) is 8.83. The van der Waals surface area contributed by atoms with Crippen LogP contribution in [0.2, 0.25) is 0 Å². The van der Waals surface area contributed by atoms with Crippen LogP contribution in [0.4, 0.5) is 0 Å². The average Bonchev–Trinajstić information content (AvgIpc) is 2.57. The molecule has 0 aliphatic carbocycles. The van der Waals surface area contributed by atoms with Crippen LogP contribution in [0.15, 0.2) is 52.6 Å². The standard InChI is InChI=1S/C22H29N/c1-5-7-10-21-12-14-22(15-13-21)11-8-9-16-23-18-20(4)17-19(3)6-2/h6,12-15,17-18H,5,7,9-10,16H2,1-4H3/b19-6-,20-17-,23-18+. The van der Waals surface area contributed by atoms with Crippen LogP contribution >= 0.6 is 0 Å². The van der Waals surface area contributed by atoms with Crippen molar-refractivity contribution in [3.63, 3.8) is 0 Å². The Kier molecular flexibility index (Phi) is 9.48. The highest BCUT2D eigenvalue weighted by Gasteiger charge is 1.92. The largest absolute Gasteiger partial charge is 0.292 e. The zero-order valence-corrected chi connectivity index (χ0v) is 15.0. The van der Waals surface area contributed by atoms with Gasteiger partial charge in [-0.3, -0.25) is 4.99 Å². The van der Waals surface area contributed by atoms with E-state index < -0.39 is 0 Å². The summed E-state index contributed by atoms with van der Waals surface area (Å²) >= 11 is 0. The molecule has 1 rings (SSSR count). The van der Waals surface area contributed by atoms with E-state index in [0.717, 1.165) is 18.5 Å². The highest BCUT2D eigenvalue weighted by molar-refractivity contribution is 5.78. The summed E-state index contributed by atoms with van der Waals surface area (Å²) in [5, 5.41) is 0. The highest BCUT2D eigenvalue weighted by Crippen LogP contribution is 2.07. The van der Waals surface area contributed by atoms with Gasteiger partial charge in [-0.25, -0.2) is 0 Å². The molecule has 0 atom stereocenters. The van der Waals surface area contributed by atoms with E-state index in [9.17, 15) is 0 Å². The van der Waals surface area contributed by atoms with Crippen LogP contribution in [0.1, 0.15) is 58.1 Å². The van der Waals surface area contributed by atoms with Gasteiger partial charge in [0.05, 0.1) is 0 Å². The zero-order chi connectivity index (χ0) is 16.9. The molecule has 122 valence electrons. The predicted octanol–water partition coefficient (Wildman–Crippen LogP) is 5.75. The van der Waals surface area contributed by atoms with Crippen molar-refractivity contribution in [1.29, 1.82) is 0 Å². The molecule has 0 saturated heterocycles. The Hall–Kier alpha value is -2.07. The zero-order valence-electron chi connectivity index (χ0n) is 15.0. The molecule has 1 aromatic carbocycles. The van der Waals surface area contributed by atoms with Crippen molar-refractivity contribution in [2.45, 2.75) is 53.4 Å². The summed E-state index contributed by atoms with van der Waals surface area (Å²) in [5.41, 5.74) is 4.93. The molecule has 0 aromatic heterocycles. The minimum absolute atomic E-state index is 0.752. The minimum Gasteiger partial charge on any atom is -0.292 e. The monoisotopic (exact) mass is 307 g/mol. The average molecular weight is 307 g/mol. The van der Waals surface area contributed by atoms with E-state index >= 15 is 0 Å². The van der Waals surface area contributed by atoms with Crippen molar-refractivity contribution in [2.24, 2.45) is 4.99 Å². The Balaban J connectivity index is 2.39. The van der Waals surface area contributed by atoms with Crippen LogP contribution < -0.4 is 0 Å². The number of allylic oxidation sites excluding steroid dienone is 4. The molecule has 0 N–H and O–H groups in total. The quantitative estimate of drug-likeness (QED) is 0.263. The maximum absolute atomic E-state index is 4.41. The molecule has 0 saturated carbocycles. The van der Waals surface area contributed by atoms with Crippen LogP contribution in [0, 0.1) is 11.8 Å². The van der Waals surface area contributed by atoms with Crippen LogP contribution in [0.25, 0.3) is 0 Å². The van der Waals surface area contributed by atoms with Gasteiger partial charge in [-0.1, -0.05) is 55.0 Å². The van der Waals surface area contributed by atoms with Crippen LogP contribution in [-0.2, 0) is 6.42 Å². The van der Waals surface area contributed by atoms with E-state index in [1.807, 2.05) is 13.1 Å². The molecule has 0 bridgehead atoms. The van der Waals surface area contributed by atoms with E-state index in [1.54, 1.807) is 0 Å². The molecule has 0 amide bonds. The fourth-order valence-corrected chi connectivity index (χ4v) is 2.11. The molecule has 0 fully saturated rings. The lowest BCUT2D eigenvalue weighted by molar-refractivity contribution is 0.795. The van der Waals surface area contributed by atoms with Crippen molar-refractivity contribution in [3.8, 4) is 11.8 Å². The molecule has 0 heterocycles. The number of aliphatic imine (C=N–C) groups is 1. The maximum atomic E-state index is 4.41. The minimum atomic E-state index is 0.752. The van der Waals surface area contributed by atoms with Gasteiger partial charge in [-0.05, 0) is 56.9 Å². The van der Waals surface area contributed by atoms with Crippen LogP contribution in [0.5, 0.6) is 0 Å². The summed E-state index contributed by atoms with van der Waals surface area (Å²) in [6.07, 6.45) is 10.6. The van der Waals surface area contributed by atoms with Crippen molar-refractivity contribution in [1.82, 2.24) is 0 Å². The number of aryl methyl sites for hydroxylation is 1. The Morgan fingerprint density at radius 3 is 2.52 bits per heavy atom. The first-order valence-electron chi connectivity index (χ1n) is 8.54. The van der Waals surface area contributed by atoms with E-state index in [0.29, 0.717) is 0 Å². The molecule has 1 nitrogen and oxygen atoms in total. The van der Waals surface area contributed by atoms with Gasteiger partial charge in [0, 0.05) is 24.7 Å². The summed E-state index contributed by atoms with van der Waals surface area (Å²) < 4.78 is 0. The first-order valence-corrected chi connectivity index (χ1v) is 8.54. The lowest BCUT2D eigenvalue weighted by Crippen LogP contribution is -1.85. The second-order valence-corrected chi connectivity index (χ2v) is 5.81. The fraction of sp³-hybridized carbons (Fsp3) is 0.409. The lowest BCUT2D eigenvalue weighted by Gasteiger charge is -1.99. The normalized spacial score (nSPS) is 12.3. The van der Waals surface area contributed by atoms with Crippen molar-refractivity contribution >= 4 is 6.21 Å². The summed E-state index contributed by atoms with van der Waals surface area (Å²) in [5.74, 6) is 6.41. The second-order valence-electron chi connectivity index (χ2n) is 5.81. The first kappa shape index (κ1) is 19.0. The number of benzene rings is 1. The second kappa shape index (κ2) is 11.5. The van der Waals surface area contributed by atoms with Crippen LogP contribution in [-0.4, -0.2) is 12.8 Å². The number of rotatable bonds is 7. The van der Waals surface area contributed by atoms with Crippen LogP contribution in [0.3, 0.4) is 0 Å². The van der Waals surface area contributed by atoms with Crippen molar-refractivity contribution < 1.29 is 0 Å². The molecular weight excluding hydrogens is 278 g/mol. The van der Waals surface area contributed by atoms with Crippen molar-refractivity contribution in [3.05, 3.63) is 58.7 Å². The summed E-state index contributed by atoms with van der Waals surface area (Å²) in [6, 6.07) is 8.62. The molecule has 0 aliphatic rings. The topological polar surface area (TPSA) is 12.4 Å². The SMILES string of the molecule is C\C=C(C)/C=C(C)\C=N\CCC#Cc1ccc(CCCC)cc1.